The molecule has 4 nitrogen and oxygen atoms in total. The van der Waals surface area contributed by atoms with Crippen molar-refractivity contribution < 1.29 is 9.59 Å². The summed E-state index contributed by atoms with van der Waals surface area (Å²) in [5.74, 6) is 0.691. The number of hydrogen-bond donors (Lipinski definition) is 2. The fraction of sp³-hybridized carbons (Fsp3) is 0.579. The minimum Gasteiger partial charge on any atom is -0.356 e. The van der Waals surface area contributed by atoms with Gasteiger partial charge in [-0.3, -0.25) is 9.59 Å². The molecule has 0 saturated carbocycles. The Labute approximate surface area is 140 Å². The summed E-state index contributed by atoms with van der Waals surface area (Å²) in [5.41, 5.74) is 1.83. The molecule has 0 heterocycles. The Bertz CT molecular complexity index is 493. The van der Waals surface area contributed by atoms with Gasteiger partial charge in [-0.25, -0.2) is 0 Å². The van der Waals surface area contributed by atoms with Gasteiger partial charge in [0.25, 0.3) is 5.91 Å². The second-order valence-corrected chi connectivity index (χ2v) is 6.71. The van der Waals surface area contributed by atoms with Crippen LogP contribution >= 0.6 is 0 Å². The molecule has 0 bridgehead atoms. The van der Waals surface area contributed by atoms with E-state index in [1.807, 2.05) is 38.1 Å². The zero-order valence-electron chi connectivity index (χ0n) is 14.8. The molecule has 1 aromatic rings. The molecule has 1 rings (SSSR count). The van der Waals surface area contributed by atoms with Crippen molar-refractivity contribution in [3.8, 4) is 0 Å². The molecule has 0 aliphatic heterocycles. The molecular weight excluding hydrogens is 288 g/mol. The van der Waals surface area contributed by atoms with Gasteiger partial charge >= 0.3 is 0 Å². The van der Waals surface area contributed by atoms with Gasteiger partial charge in [0, 0.05) is 24.6 Å². The number of rotatable bonds is 9. The highest BCUT2D eigenvalue weighted by Gasteiger charge is 2.07. The van der Waals surface area contributed by atoms with Gasteiger partial charge < -0.3 is 10.6 Å². The van der Waals surface area contributed by atoms with Crippen LogP contribution in [0.3, 0.4) is 0 Å². The minimum absolute atomic E-state index is 0.0453. The Morgan fingerprint density at radius 2 is 1.70 bits per heavy atom. The number of aryl methyl sites for hydroxylation is 1. The zero-order valence-corrected chi connectivity index (χ0v) is 14.8. The van der Waals surface area contributed by atoms with Crippen LogP contribution in [0.15, 0.2) is 24.3 Å². The van der Waals surface area contributed by atoms with Gasteiger partial charge in [0.05, 0.1) is 0 Å². The molecule has 0 aliphatic rings. The summed E-state index contributed by atoms with van der Waals surface area (Å²) in [6, 6.07) is 7.75. The Balaban J connectivity index is 2.30. The maximum absolute atomic E-state index is 11.9. The summed E-state index contributed by atoms with van der Waals surface area (Å²) in [6.45, 7) is 8.95. The summed E-state index contributed by atoms with van der Waals surface area (Å²) in [7, 11) is 0. The monoisotopic (exact) mass is 318 g/mol. The molecule has 0 saturated heterocycles. The third kappa shape index (κ3) is 8.38. The molecule has 0 fully saturated rings. The van der Waals surface area contributed by atoms with Gasteiger partial charge in [0.2, 0.25) is 5.91 Å². The van der Waals surface area contributed by atoms with Crippen LogP contribution in [0.25, 0.3) is 0 Å². The normalized spacial score (nSPS) is 10.9. The van der Waals surface area contributed by atoms with E-state index in [0.717, 1.165) is 31.4 Å². The molecule has 4 heteroatoms. The third-order valence-electron chi connectivity index (χ3n) is 3.55. The summed E-state index contributed by atoms with van der Waals surface area (Å²) in [6.07, 6.45) is 3.24. The number of hydrogen-bond acceptors (Lipinski definition) is 2. The topological polar surface area (TPSA) is 58.2 Å². The van der Waals surface area contributed by atoms with E-state index in [1.54, 1.807) is 0 Å². The van der Waals surface area contributed by atoms with E-state index < -0.39 is 0 Å². The van der Waals surface area contributed by atoms with Gasteiger partial charge in [-0.05, 0) is 56.7 Å². The molecule has 128 valence electrons. The van der Waals surface area contributed by atoms with Crippen LogP contribution < -0.4 is 10.6 Å². The molecule has 2 N–H and O–H groups in total. The highest BCUT2D eigenvalue weighted by molar-refractivity contribution is 5.94. The van der Waals surface area contributed by atoms with Crippen molar-refractivity contribution >= 4 is 11.8 Å². The van der Waals surface area contributed by atoms with Crippen LogP contribution in [0, 0.1) is 5.92 Å². The second-order valence-electron chi connectivity index (χ2n) is 6.71. The molecule has 2 amide bonds. The number of carbonyl (C=O) groups excluding carboxylic acids is 2. The molecule has 0 atom stereocenters. The number of benzene rings is 1. The average molecular weight is 318 g/mol. The van der Waals surface area contributed by atoms with Gasteiger partial charge in [0.1, 0.15) is 0 Å². The highest BCUT2D eigenvalue weighted by atomic mass is 16.2. The van der Waals surface area contributed by atoms with Crippen LogP contribution in [-0.4, -0.2) is 24.4 Å². The maximum atomic E-state index is 11.9. The Morgan fingerprint density at radius 3 is 2.26 bits per heavy atom. The number of amides is 2. The molecule has 1 aromatic carbocycles. The molecule has 23 heavy (non-hydrogen) atoms. The van der Waals surface area contributed by atoms with E-state index in [0.29, 0.717) is 17.9 Å². The van der Waals surface area contributed by atoms with Crippen LogP contribution in [0.2, 0.25) is 0 Å². The van der Waals surface area contributed by atoms with Crippen molar-refractivity contribution in [1.29, 1.82) is 0 Å². The summed E-state index contributed by atoms with van der Waals surface area (Å²) >= 11 is 0. The first kappa shape index (κ1) is 19.2. The summed E-state index contributed by atoms with van der Waals surface area (Å²) < 4.78 is 0. The van der Waals surface area contributed by atoms with Crippen LogP contribution in [0.4, 0.5) is 0 Å². The lowest BCUT2D eigenvalue weighted by molar-refractivity contribution is -0.121. The van der Waals surface area contributed by atoms with Crippen molar-refractivity contribution in [1.82, 2.24) is 10.6 Å². The standard InChI is InChI=1S/C19H30N2O2/c1-14(2)12-13-20-18(22)7-5-6-16-8-10-17(11-9-16)19(23)21-15(3)4/h8-11,14-15H,5-7,12-13H2,1-4H3,(H,20,22)(H,21,23). The van der Waals surface area contributed by atoms with Gasteiger partial charge in [-0.15, -0.1) is 0 Å². The lowest BCUT2D eigenvalue weighted by Gasteiger charge is -2.09. The van der Waals surface area contributed by atoms with Crippen LogP contribution in [-0.2, 0) is 11.2 Å². The van der Waals surface area contributed by atoms with E-state index in [9.17, 15) is 9.59 Å². The molecule has 0 spiro atoms. The van der Waals surface area contributed by atoms with Crippen LogP contribution in [0.1, 0.15) is 62.9 Å². The fourth-order valence-corrected chi connectivity index (χ4v) is 2.21. The zero-order chi connectivity index (χ0) is 17.2. The first-order valence-electron chi connectivity index (χ1n) is 8.55. The maximum Gasteiger partial charge on any atom is 0.251 e. The average Bonchev–Trinajstić information content (AvgIpc) is 2.46. The number of carbonyl (C=O) groups is 2. The van der Waals surface area contributed by atoms with Crippen LogP contribution in [0.5, 0.6) is 0 Å². The molecule has 0 aromatic heterocycles. The quantitative estimate of drug-likeness (QED) is 0.734. The Morgan fingerprint density at radius 1 is 1.04 bits per heavy atom. The lowest BCUT2D eigenvalue weighted by atomic mass is 10.1. The van der Waals surface area contributed by atoms with Crippen molar-refractivity contribution in [2.75, 3.05) is 6.54 Å². The molecule has 0 radical (unpaired) electrons. The predicted octanol–water partition coefficient (Wildman–Crippen LogP) is 3.31. The van der Waals surface area contributed by atoms with E-state index in [2.05, 4.69) is 24.5 Å². The van der Waals surface area contributed by atoms with E-state index in [4.69, 9.17) is 0 Å². The van der Waals surface area contributed by atoms with Crippen molar-refractivity contribution in [2.24, 2.45) is 5.92 Å². The van der Waals surface area contributed by atoms with Crippen molar-refractivity contribution in [3.63, 3.8) is 0 Å². The Hall–Kier alpha value is -1.84. The molecule has 0 aliphatic carbocycles. The second kappa shape index (κ2) is 10.0. The minimum atomic E-state index is -0.0453. The number of nitrogens with one attached hydrogen (secondary N) is 2. The van der Waals surface area contributed by atoms with E-state index in [-0.39, 0.29) is 17.9 Å². The van der Waals surface area contributed by atoms with Crippen molar-refractivity contribution in [3.05, 3.63) is 35.4 Å². The summed E-state index contributed by atoms with van der Waals surface area (Å²) in [5, 5.41) is 5.82. The molecule has 0 unspecified atom stereocenters. The first-order valence-corrected chi connectivity index (χ1v) is 8.55. The SMILES string of the molecule is CC(C)CCNC(=O)CCCc1ccc(C(=O)NC(C)C)cc1. The molecular formula is C19H30N2O2. The van der Waals surface area contributed by atoms with E-state index >= 15 is 0 Å². The van der Waals surface area contributed by atoms with Crippen molar-refractivity contribution in [2.45, 2.75) is 59.4 Å². The predicted molar refractivity (Wildman–Crippen MR) is 94.4 cm³/mol. The highest BCUT2D eigenvalue weighted by Crippen LogP contribution is 2.08. The fourth-order valence-electron chi connectivity index (χ4n) is 2.21. The smallest absolute Gasteiger partial charge is 0.251 e. The Kier molecular flexibility index (Phi) is 8.38. The third-order valence-corrected chi connectivity index (χ3v) is 3.55. The lowest BCUT2D eigenvalue weighted by Crippen LogP contribution is -2.29. The van der Waals surface area contributed by atoms with Gasteiger partial charge in [0.15, 0.2) is 0 Å². The first-order chi connectivity index (χ1) is 10.9. The van der Waals surface area contributed by atoms with Gasteiger partial charge in [-0.2, -0.15) is 0 Å². The largest absolute Gasteiger partial charge is 0.356 e. The summed E-state index contributed by atoms with van der Waals surface area (Å²) in [4.78, 5) is 23.6. The van der Waals surface area contributed by atoms with E-state index in [1.165, 1.54) is 0 Å². The van der Waals surface area contributed by atoms with Gasteiger partial charge in [-0.1, -0.05) is 26.0 Å².